The van der Waals surface area contributed by atoms with E-state index in [1.54, 1.807) is 0 Å². The minimum absolute atomic E-state index is 0.142. The molecule has 1 fully saturated rings. The number of ether oxygens (including phenoxy) is 1. The van der Waals surface area contributed by atoms with Crippen LogP contribution in [0.25, 0.3) is 0 Å². The predicted molar refractivity (Wildman–Crippen MR) is 68.2 cm³/mol. The van der Waals surface area contributed by atoms with Crippen molar-refractivity contribution in [3.05, 3.63) is 24.3 Å². The maximum atomic E-state index is 11.8. The summed E-state index contributed by atoms with van der Waals surface area (Å²) in [6.07, 6.45) is 4.21. The maximum absolute atomic E-state index is 11.8. The van der Waals surface area contributed by atoms with E-state index in [2.05, 4.69) is 12.2 Å². The molecule has 0 aromatic heterocycles. The summed E-state index contributed by atoms with van der Waals surface area (Å²) in [6, 6.07) is 7.59. The van der Waals surface area contributed by atoms with Crippen molar-refractivity contribution < 1.29 is 9.53 Å². The van der Waals surface area contributed by atoms with Crippen LogP contribution in [0.5, 0.6) is 5.75 Å². The molecule has 3 heteroatoms. The highest BCUT2D eigenvalue weighted by atomic mass is 16.5. The number of anilines is 1. The number of carbonyl (C=O) groups excluding carboxylic acids is 1. The Morgan fingerprint density at radius 2 is 2.29 bits per heavy atom. The van der Waals surface area contributed by atoms with Crippen LogP contribution in [0.1, 0.15) is 32.6 Å². The molecular weight excluding hydrogens is 214 g/mol. The molecule has 0 radical (unpaired) electrons. The van der Waals surface area contributed by atoms with Crippen molar-refractivity contribution in [2.75, 3.05) is 11.9 Å². The average molecular weight is 233 g/mol. The molecule has 1 amide bonds. The smallest absolute Gasteiger partial charge is 0.227 e. The minimum atomic E-state index is 0.142. The third-order valence-corrected chi connectivity index (χ3v) is 3.05. The first-order chi connectivity index (χ1) is 8.29. The number of amides is 1. The molecule has 3 nitrogen and oxygen atoms in total. The second-order valence-corrected chi connectivity index (χ2v) is 4.49. The Hall–Kier alpha value is -1.51. The molecule has 1 aromatic carbocycles. The molecule has 1 aliphatic carbocycles. The van der Waals surface area contributed by atoms with Crippen molar-refractivity contribution >= 4 is 11.6 Å². The molecule has 0 unspecified atom stereocenters. The van der Waals surface area contributed by atoms with Gasteiger partial charge in [-0.3, -0.25) is 4.79 Å². The highest BCUT2D eigenvalue weighted by molar-refractivity contribution is 5.93. The van der Waals surface area contributed by atoms with Crippen LogP contribution in [-0.2, 0) is 4.79 Å². The van der Waals surface area contributed by atoms with E-state index in [0.29, 0.717) is 6.61 Å². The van der Waals surface area contributed by atoms with Gasteiger partial charge in [-0.2, -0.15) is 0 Å². The standard InChI is InChI=1S/C14H19NO2/c1-2-9-17-13-8-4-7-12(10-13)15-14(16)11-5-3-6-11/h4,7-8,10-11H,2-3,5-6,9H2,1H3,(H,15,16). The van der Waals surface area contributed by atoms with E-state index in [4.69, 9.17) is 4.74 Å². The maximum Gasteiger partial charge on any atom is 0.227 e. The van der Waals surface area contributed by atoms with Crippen LogP contribution in [0.2, 0.25) is 0 Å². The van der Waals surface area contributed by atoms with Crippen LogP contribution in [0.3, 0.4) is 0 Å². The van der Waals surface area contributed by atoms with Crippen molar-refractivity contribution in [2.24, 2.45) is 5.92 Å². The molecule has 92 valence electrons. The fourth-order valence-electron chi connectivity index (χ4n) is 1.80. The van der Waals surface area contributed by atoms with E-state index in [1.807, 2.05) is 24.3 Å². The summed E-state index contributed by atoms with van der Waals surface area (Å²) >= 11 is 0. The molecule has 0 aliphatic heterocycles. The van der Waals surface area contributed by atoms with Gasteiger partial charge in [0.2, 0.25) is 5.91 Å². The Morgan fingerprint density at radius 1 is 1.47 bits per heavy atom. The third kappa shape index (κ3) is 3.22. The number of hydrogen-bond acceptors (Lipinski definition) is 2. The van der Waals surface area contributed by atoms with E-state index in [0.717, 1.165) is 30.7 Å². The Morgan fingerprint density at radius 3 is 2.94 bits per heavy atom. The van der Waals surface area contributed by atoms with Crippen LogP contribution >= 0.6 is 0 Å². The van der Waals surface area contributed by atoms with Crippen LogP contribution in [0.15, 0.2) is 24.3 Å². The van der Waals surface area contributed by atoms with E-state index in [9.17, 15) is 4.79 Å². The van der Waals surface area contributed by atoms with Crippen LogP contribution in [0.4, 0.5) is 5.69 Å². The molecule has 1 aliphatic rings. The summed E-state index contributed by atoms with van der Waals surface area (Å²) in [5.41, 5.74) is 0.829. The van der Waals surface area contributed by atoms with Gasteiger partial charge in [-0.15, -0.1) is 0 Å². The Kier molecular flexibility index (Phi) is 4.02. The van der Waals surface area contributed by atoms with Gasteiger partial charge < -0.3 is 10.1 Å². The van der Waals surface area contributed by atoms with E-state index in [-0.39, 0.29) is 11.8 Å². The second kappa shape index (κ2) is 5.71. The van der Waals surface area contributed by atoms with Gasteiger partial charge in [-0.25, -0.2) is 0 Å². The molecule has 1 aromatic rings. The number of rotatable bonds is 5. The fourth-order valence-corrected chi connectivity index (χ4v) is 1.80. The molecular formula is C14H19NO2. The summed E-state index contributed by atoms with van der Waals surface area (Å²) in [5, 5.41) is 2.94. The highest BCUT2D eigenvalue weighted by Gasteiger charge is 2.25. The van der Waals surface area contributed by atoms with Crippen molar-refractivity contribution in [2.45, 2.75) is 32.6 Å². The normalized spacial score (nSPS) is 15.1. The number of carbonyl (C=O) groups is 1. The van der Waals surface area contributed by atoms with Gasteiger partial charge in [0, 0.05) is 17.7 Å². The predicted octanol–water partition coefficient (Wildman–Crippen LogP) is 3.21. The largest absolute Gasteiger partial charge is 0.494 e. The first-order valence-corrected chi connectivity index (χ1v) is 6.33. The van der Waals surface area contributed by atoms with Crippen molar-refractivity contribution in [3.63, 3.8) is 0 Å². The summed E-state index contributed by atoms with van der Waals surface area (Å²) < 4.78 is 5.53. The minimum Gasteiger partial charge on any atom is -0.494 e. The van der Waals surface area contributed by atoms with Crippen LogP contribution < -0.4 is 10.1 Å². The molecule has 1 N–H and O–H groups in total. The van der Waals surface area contributed by atoms with Gasteiger partial charge in [0.05, 0.1) is 6.61 Å². The second-order valence-electron chi connectivity index (χ2n) is 4.49. The van der Waals surface area contributed by atoms with E-state index >= 15 is 0 Å². The third-order valence-electron chi connectivity index (χ3n) is 3.05. The van der Waals surface area contributed by atoms with Crippen LogP contribution in [0, 0.1) is 5.92 Å². The van der Waals surface area contributed by atoms with E-state index in [1.165, 1.54) is 6.42 Å². The molecule has 0 bridgehead atoms. The molecule has 0 saturated heterocycles. The van der Waals surface area contributed by atoms with Gasteiger partial charge in [-0.05, 0) is 31.4 Å². The van der Waals surface area contributed by atoms with Gasteiger partial charge >= 0.3 is 0 Å². The summed E-state index contributed by atoms with van der Waals surface area (Å²) in [5.74, 6) is 1.18. The average Bonchev–Trinajstić information content (AvgIpc) is 2.24. The Labute approximate surface area is 102 Å². The molecule has 1 saturated carbocycles. The molecule has 2 rings (SSSR count). The van der Waals surface area contributed by atoms with Gasteiger partial charge in [0.1, 0.15) is 5.75 Å². The lowest BCUT2D eigenvalue weighted by Crippen LogP contribution is -2.27. The Bertz CT molecular complexity index is 386. The molecule has 17 heavy (non-hydrogen) atoms. The molecule has 0 atom stereocenters. The monoisotopic (exact) mass is 233 g/mol. The first kappa shape index (κ1) is 12.0. The van der Waals surface area contributed by atoms with Gasteiger partial charge in [0.25, 0.3) is 0 Å². The fraction of sp³-hybridized carbons (Fsp3) is 0.500. The zero-order valence-electron chi connectivity index (χ0n) is 10.2. The van der Waals surface area contributed by atoms with Crippen LogP contribution in [-0.4, -0.2) is 12.5 Å². The molecule has 0 spiro atoms. The lowest BCUT2D eigenvalue weighted by atomic mass is 9.85. The van der Waals surface area contributed by atoms with Crippen molar-refractivity contribution in [1.82, 2.24) is 0 Å². The van der Waals surface area contributed by atoms with E-state index < -0.39 is 0 Å². The highest BCUT2D eigenvalue weighted by Crippen LogP contribution is 2.28. The number of benzene rings is 1. The topological polar surface area (TPSA) is 38.3 Å². The SMILES string of the molecule is CCCOc1cccc(NC(=O)C2CCC2)c1. The van der Waals surface area contributed by atoms with Crippen molar-refractivity contribution in [1.29, 1.82) is 0 Å². The summed E-state index contributed by atoms with van der Waals surface area (Å²) in [6.45, 7) is 2.78. The Balaban J connectivity index is 1.93. The van der Waals surface area contributed by atoms with Gasteiger partial charge in [-0.1, -0.05) is 19.4 Å². The quantitative estimate of drug-likeness (QED) is 0.848. The number of hydrogen-bond donors (Lipinski definition) is 1. The zero-order chi connectivity index (χ0) is 12.1. The summed E-state index contributed by atoms with van der Waals surface area (Å²) in [7, 11) is 0. The lowest BCUT2D eigenvalue weighted by Gasteiger charge is -2.24. The lowest BCUT2D eigenvalue weighted by molar-refractivity contribution is -0.122. The first-order valence-electron chi connectivity index (χ1n) is 6.33. The van der Waals surface area contributed by atoms with Gasteiger partial charge in [0.15, 0.2) is 0 Å². The van der Waals surface area contributed by atoms with Crippen molar-refractivity contribution in [3.8, 4) is 5.75 Å². The molecule has 0 heterocycles. The summed E-state index contributed by atoms with van der Waals surface area (Å²) in [4.78, 5) is 11.8. The number of nitrogens with one attached hydrogen (secondary N) is 1. The zero-order valence-corrected chi connectivity index (χ0v) is 10.2.